The van der Waals surface area contributed by atoms with Crippen molar-refractivity contribution in [2.24, 2.45) is 5.92 Å². The molecule has 0 aliphatic carbocycles. The summed E-state index contributed by atoms with van der Waals surface area (Å²) in [6.45, 7) is 7.58. The van der Waals surface area contributed by atoms with Crippen LogP contribution < -0.4 is 5.32 Å². The van der Waals surface area contributed by atoms with E-state index in [2.05, 4.69) is 10.2 Å². The highest BCUT2D eigenvalue weighted by Crippen LogP contribution is 2.22. The van der Waals surface area contributed by atoms with Crippen LogP contribution in [0.4, 0.5) is 0 Å². The molecule has 5 heteroatoms. The van der Waals surface area contributed by atoms with Gasteiger partial charge in [-0.25, -0.2) is 0 Å². The zero-order valence-electron chi connectivity index (χ0n) is 15.9. The third kappa shape index (κ3) is 5.31. The Morgan fingerprint density at radius 3 is 2.35 bits per heavy atom. The number of piperidine rings is 1. The molecule has 5 nitrogen and oxygen atoms in total. The summed E-state index contributed by atoms with van der Waals surface area (Å²) < 4.78 is 0. The van der Waals surface area contributed by atoms with Crippen LogP contribution in [0.5, 0.6) is 0 Å². The van der Waals surface area contributed by atoms with E-state index in [4.69, 9.17) is 0 Å². The monoisotopic (exact) mass is 357 g/mol. The number of hydrogen-bond donors (Lipinski definition) is 1. The van der Waals surface area contributed by atoms with Gasteiger partial charge < -0.3 is 15.1 Å². The number of amides is 2. The molecule has 0 spiro atoms. The smallest absolute Gasteiger partial charge is 0.253 e. The average Bonchev–Trinajstić information content (AvgIpc) is 3.16. The summed E-state index contributed by atoms with van der Waals surface area (Å²) in [7, 11) is 0. The summed E-state index contributed by atoms with van der Waals surface area (Å²) in [6.07, 6.45) is 4.99. The van der Waals surface area contributed by atoms with Gasteiger partial charge in [-0.2, -0.15) is 0 Å². The molecule has 2 fully saturated rings. The van der Waals surface area contributed by atoms with Gasteiger partial charge in [-0.05, 0) is 63.7 Å². The van der Waals surface area contributed by atoms with Crippen molar-refractivity contribution in [1.82, 2.24) is 15.1 Å². The van der Waals surface area contributed by atoms with Crippen molar-refractivity contribution < 1.29 is 9.59 Å². The van der Waals surface area contributed by atoms with Crippen molar-refractivity contribution in [3.05, 3.63) is 35.4 Å². The van der Waals surface area contributed by atoms with E-state index in [0.717, 1.165) is 50.1 Å². The Morgan fingerprint density at radius 1 is 1.04 bits per heavy atom. The van der Waals surface area contributed by atoms with E-state index in [0.29, 0.717) is 12.3 Å². The van der Waals surface area contributed by atoms with E-state index in [1.165, 1.54) is 25.9 Å². The Balaban J connectivity index is 1.35. The molecule has 2 amide bonds. The highest BCUT2D eigenvalue weighted by atomic mass is 16.2. The molecule has 0 radical (unpaired) electrons. The molecular formula is C21H31N3O2. The molecule has 2 heterocycles. The van der Waals surface area contributed by atoms with Gasteiger partial charge in [0.05, 0.1) is 0 Å². The predicted octanol–water partition coefficient (Wildman–Crippen LogP) is 2.45. The summed E-state index contributed by atoms with van der Waals surface area (Å²) in [6, 6.07) is 7.76. The molecule has 1 aromatic rings. The second-order valence-corrected chi connectivity index (χ2v) is 7.70. The first-order valence-electron chi connectivity index (χ1n) is 9.97. The highest BCUT2D eigenvalue weighted by Gasteiger charge is 2.25. The molecule has 2 aliphatic rings. The summed E-state index contributed by atoms with van der Waals surface area (Å²) in [5, 5.41) is 3.06. The van der Waals surface area contributed by atoms with E-state index < -0.39 is 0 Å². The molecular weight excluding hydrogens is 326 g/mol. The maximum Gasteiger partial charge on any atom is 0.253 e. The number of likely N-dealkylation sites (tertiary alicyclic amines) is 2. The molecule has 0 atom stereocenters. The second-order valence-electron chi connectivity index (χ2n) is 7.70. The molecule has 2 saturated heterocycles. The minimum Gasteiger partial charge on any atom is -0.355 e. The fraction of sp³-hybridized carbons (Fsp3) is 0.619. The molecule has 1 aromatic carbocycles. The van der Waals surface area contributed by atoms with Crippen molar-refractivity contribution in [3.63, 3.8) is 0 Å². The number of carbonyl (C=O) groups is 2. The molecule has 1 N–H and O–H groups in total. The standard InChI is InChI=1S/C21H31N3O2/c1-17-4-6-19(7-5-17)21(26)24-13-8-18(9-14-24)16-20(25)22-10-15-23-11-2-3-12-23/h4-7,18H,2-3,8-16H2,1H3,(H,22,25). The summed E-state index contributed by atoms with van der Waals surface area (Å²) in [5.41, 5.74) is 1.92. The number of benzene rings is 1. The number of carbonyl (C=O) groups excluding carboxylic acids is 2. The van der Waals surface area contributed by atoms with E-state index in [9.17, 15) is 9.59 Å². The first-order valence-corrected chi connectivity index (χ1v) is 9.97. The summed E-state index contributed by atoms with van der Waals surface area (Å²) >= 11 is 0. The quantitative estimate of drug-likeness (QED) is 0.851. The van der Waals surface area contributed by atoms with Gasteiger partial charge >= 0.3 is 0 Å². The predicted molar refractivity (Wildman–Crippen MR) is 103 cm³/mol. The van der Waals surface area contributed by atoms with Crippen LogP contribution in [0, 0.1) is 12.8 Å². The van der Waals surface area contributed by atoms with Crippen molar-refractivity contribution >= 4 is 11.8 Å². The third-order valence-corrected chi connectivity index (χ3v) is 5.62. The van der Waals surface area contributed by atoms with Gasteiger partial charge in [0, 0.05) is 38.2 Å². The lowest BCUT2D eigenvalue weighted by atomic mass is 9.93. The Bertz CT molecular complexity index is 600. The Morgan fingerprint density at radius 2 is 1.69 bits per heavy atom. The van der Waals surface area contributed by atoms with E-state index >= 15 is 0 Å². The van der Waals surface area contributed by atoms with Crippen LogP contribution in [0.1, 0.15) is 48.0 Å². The Hall–Kier alpha value is -1.88. The second kappa shape index (κ2) is 9.17. The van der Waals surface area contributed by atoms with Gasteiger partial charge in [-0.15, -0.1) is 0 Å². The average molecular weight is 357 g/mol. The van der Waals surface area contributed by atoms with Gasteiger partial charge in [0.2, 0.25) is 5.91 Å². The summed E-state index contributed by atoms with van der Waals surface area (Å²) in [4.78, 5) is 29.0. The zero-order valence-corrected chi connectivity index (χ0v) is 15.9. The number of hydrogen-bond acceptors (Lipinski definition) is 3. The normalized spacial score (nSPS) is 18.9. The van der Waals surface area contributed by atoms with Crippen LogP contribution >= 0.6 is 0 Å². The number of nitrogens with zero attached hydrogens (tertiary/aromatic N) is 2. The highest BCUT2D eigenvalue weighted by molar-refractivity contribution is 5.94. The van der Waals surface area contributed by atoms with E-state index in [1.807, 2.05) is 36.1 Å². The first kappa shape index (κ1) is 18.9. The van der Waals surface area contributed by atoms with Crippen LogP contribution in [-0.2, 0) is 4.79 Å². The van der Waals surface area contributed by atoms with Crippen molar-refractivity contribution in [2.45, 2.75) is 39.0 Å². The lowest BCUT2D eigenvalue weighted by Crippen LogP contribution is -2.40. The fourth-order valence-electron chi connectivity index (χ4n) is 3.91. The van der Waals surface area contributed by atoms with Crippen LogP contribution in [-0.4, -0.2) is 60.9 Å². The molecule has 2 aliphatic heterocycles. The van der Waals surface area contributed by atoms with Gasteiger partial charge in [0.1, 0.15) is 0 Å². The van der Waals surface area contributed by atoms with Gasteiger partial charge in [0.15, 0.2) is 0 Å². The third-order valence-electron chi connectivity index (χ3n) is 5.62. The minimum atomic E-state index is 0.110. The van der Waals surface area contributed by atoms with Crippen LogP contribution in [0.2, 0.25) is 0 Å². The van der Waals surface area contributed by atoms with Crippen molar-refractivity contribution in [3.8, 4) is 0 Å². The van der Waals surface area contributed by atoms with Crippen molar-refractivity contribution in [2.75, 3.05) is 39.3 Å². The molecule has 3 rings (SSSR count). The molecule has 0 bridgehead atoms. The summed E-state index contributed by atoms with van der Waals surface area (Å²) in [5.74, 6) is 0.662. The Labute approximate surface area is 156 Å². The number of rotatable bonds is 6. The van der Waals surface area contributed by atoms with E-state index in [1.54, 1.807) is 0 Å². The lowest BCUT2D eigenvalue weighted by molar-refractivity contribution is -0.122. The molecule has 0 aromatic heterocycles. The number of nitrogens with one attached hydrogen (secondary N) is 1. The minimum absolute atomic E-state index is 0.110. The fourth-order valence-corrected chi connectivity index (χ4v) is 3.91. The van der Waals surface area contributed by atoms with Crippen LogP contribution in [0.25, 0.3) is 0 Å². The molecule has 142 valence electrons. The first-order chi connectivity index (χ1) is 12.6. The number of aryl methyl sites for hydroxylation is 1. The van der Waals surface area contributed by atoms with Gasteiger partial charge in [-0.1, -0.05) is 17.7 Å². The Kier molecular flexibility index (Phi) is 6.67. The zero-order chi connectivity index (χ0) is 18.4. The van der Waals surface area contributed by atoms with Crippen LogP contribution in [0.3, 0.4) is 0 Å². The van der Waals surface area contributed by atoms with Gasteiger partial charge in [-0.3, -0.25) is 9.59 Å². The molecule has 26 heavy (non-hydrogen) atoms. The maximum atomic E-state index is 12.5. The SMILES string of the molecule is Cc1ccc(C(=O)N2CCC(CC(=O)NCCN3CCCC3)CC2)cc1. The van der Waals surface area contributed by atoms with E-state index in [-0.39, 0.29) is 11.8 Å². The molecule has 0 unspecified atom stereocenters. The van der Waals surface area contributed by atoms with Gasteiger partial charge in [0.25, 0.3) is 5.91 Å². The molecule has 0 saturated carbocycles. The van der Waals surface area contributed by atoms with Crippen LogP contribution in [0.15, 0.2) is 24.3 Å². The maximum absolute atomic E-state index is 12.5. The van der Waals surface area contributed by atoms with Crippen molar-refractivity contribution in [1.29, 1.82) is 0 Å². The lowest BCUT2D eigenvalue weighted by Gasteiger charge is -2.32. The topological polar surface area (TPSA) is 52.7 Å². The largest absolute Gasteiger partial charge is 0.355 e.